The van der Waals surface area contributed by atoms with Crippen molar-refractivity contribution in [1.29, 1.82) is 0 Å². The molecule has 1 heterocycles. The maximum Gasteiger partial charge on any atom is 0.357 e. The summed E-state index contributed by atoms with van der Waals surface area (Å²) >= 11 is 0. The van der Waals surface area contributed by atoms with Gasteiger partial charge in [0, 0.05) is 6.92 Å². The zero-order valence-electron chi connectivity index (χ0n) is 13.6. The Labute approximate surface area is 138 Å². The lowest BCUT2D eigenvalue weighted by Gasteiger charge is -2.20. The molecule has 0 spiro atoms. The fourth-order valence-electron chi connectivity index (χ4n) is 2.11. The van der Waals surface area contributed by atoms with Gasteiger partial charge in [-0.25, -0.2) is 4.79 Å². The largest absolute Gasteiger partial charge is 0.376 e. The summed E-state index contributed by atoms with van der Waals surface area (Å²) in [5.74, 6) is -2.88. The molecule has 0 radical (unpaired) electrons. The number of carbonyl (C=O) groups excluding carboxylic acids is 4. The van der Waals surface area contributed by atoms with Gasteiger partial charge in [-0.3, -0.25) is 14.4 Å². The molecule has 0 saturated heterocycles. The Kier molecular flexibility index (Phi) is 5.30. The summed E-state index contributed by atoms with van der Waals surface area (Å²) in [5.41, 5.74) is 0.314. The number of benzene rings is 1. The highest BCUT2D eigenvalue weighted by Gasteiger charge is 2.40. The molecule has 1 aliphatic rings. The zero-order valence-corrected chi connectivity index (χ0v) is 13.6. The molecule has 0 saturated carbocycles. The van der Waals surface area contributed by atoms with Crippen molar-refractivity contribution in [3.8, 4) is 0 Å². The zero-order chi connectivity index (χ0) is 17.9. The topological polar surface area (TPSA) is 102 Å². The summed E-state index contributed by atoms with van der Waals surface area (Å²) in [4.78, 5) is 52.7. The number of nitrogens with one attached hydrogen (secondary N) is 1. The number of hydroxylamine groups is 2. The van der Waals surface area contributed by atoms with Crippen LogP contribution in [0.4, 0.5) is 0 Å². The van der Waals surface area contributed by atoms with Gasteiger partial charge in [0.05, 0.1) is 23.8 Å². The maximum atomic E-state index is 12.2. The van der Waals surface area contributed by atoms with Gasteiger partial charge in [-0.15, -0.1) is 0 Å². The molecule has 128 valence electrons. The number of nitrogens with zero attached hydrogens (tertiary/aromatic N) is 1. The molecule has 2 rings (SSSR count). The highest BCUT2D eigenvalue weighted by molar-refractivity contribution is 6.20. The molecule has 3 amide bonds. The predicted molar refractivity (Wildman–Crippen MR) is 81.7 cm³/mol. The van der Waals surface area contributed by atoms with Crippen LogP contribution in [0, 0.1) is 0 Å². The molecule has 0 bridgehead atoms. The monoisotopic (exact) mass is 334 g/mol. The molecular formula is C16H18N2O6. The highest BCUT2D eigenvalue weighted by Crippen LogP contribution is 2.22. The highest BCUT2D eigenvalue weighted by atomic mass is 16.7. The van der Waals surface area contributed by atoms with Crippen LogP contribution in [0.15, 0.2) is 24.3 Å². The maximum absolute atomic E-state index is 12.2. The van der Waals surface area contributed by atoms with Crippen molar-refractivity contribution < 1.29 is 28.8 Å². The lowest BCUT2D eigenvalue weighted by Crippen LogP contribution is -2.47. The summed E-state index contributed by atoms with van der Waals surface area (Å²) in [6.45, 7) is 4.62. The minimum Gasteiger partial charge on any atom is -0.376 e. The van der Waals surface area contributed by atoms with Crippen LogP contribution in [0.1, 0.15) is 41.5 Å². The normalized spacial score (nSPS) is 14.6. The van der Waals surface area contributed by atoms with Crippen LogP contribution in [-0.4, -0.2) is 47.5 Å². The minimum absolute atomic E-state index is 0.140. The van der Waals surface area contributed by atoms with E-state index in [9.17, 15) is 19.2 Å². The Morgan fingerprint density at radius 2 is 1.67 bits per heavy atom. The third-order valence-electron chi connectivity index (χ3n) is 3.20. The van der Waals surface area contributed by atoms with E-state index in [1.165, 1.54) is 19.1 Å². The van der Waals surface area contributed by atoms with Gasteiger partial charge < -0.3 is 14.9 Å². The Morgan fingerprint density at radius 3 is 2.12 bits per heavy atom. The fraction of sp³-hybridized carbons (Fsp3) is 0.375. The second kappa shape index (κ2) is 7.22. The van der Waals surface area contributed by atoms with Crippen LogP contribution >= 0.6 is 0 Å². The number of imide groups is 1. The van der Waals surface area contributed by atoms with Crippen molar-refractivity contribution in [2.75, 3.05) is 6.61 Å². The van der Waals surface area contributed by atoms with Crippen LogP contribution in [0.5, 0.6) is 0 Å². The Bertz CT molecular complexity index is 650. The van der Waals surface area contributed by atoms with E-state index < -0.39 is 29.7 Å². The van der Waals surface area contributed by atoms with E-state index in [4.69, 9.17) is 9.57 Å². The molecule has 0 fully saturated rings. The van der Waals surface area contributed by atoms with E-state index in [1.54, 1.807) is 26.0 Å². The standard InChI is InChI=1S/C16H18N2O6/c1-9(2)23-8-13(17-10(3)19)16(22)24-18-14(20)11-6-4-5-7-12(11)15(18)21/h4-7,9,13H,8H2,1-3H3,(H,17,19). The Balaban J connectivity index is 2.11. The molecule has 1 aliphatic heterocycles. The number of rotatable bonds is 6. The third-order valence-corrected chi connectivity index (χ3v) is 3.20. The molecule has 1 N–H and O–H groups in total. The SMILES string of the molecule is CC(=O)NC(COC(C)C)C(=O)ON1C(=O)c2ccccc2C1=O. The van der Waals surface area contributed by atoms with Gasteiger partial charge in [0.15, 0.2) is 6.04 Å². The van der Waals surface area contributed by atoms with Gasteiger partial charge in [-0.2, -0.15) is 0 Å². The van der Waals surface area contributed by atoms with E-state index in [1.807, 2.05) is 0 Å². The van der Waals surface area contributed by atoms with Crippen LogP contribution in [0.3, 0.4) is 0 Å². The number of amides is 3. The van der Waals surface area contributed by atoms with Gasteiger partial charge in [0.2, 0.25) is 5.91 Å². The summed E-state index contributed by atoms with van der Waals surface area (Å²) < 4.78 is 5.30. The molecule has 0 aliphatic carbocycles. The number of ether oxygens (including phenoxy) is 1. The molecule has 1 aromatic rings. The smallest absolute Gasteiger partial charge is 0.357 e. The van der Waals surface area contributed by atoms with Crippen molar-refractivity contribution in [3.05, 3.63) is 35.4 Å². The van der Waals surface area contributed by atoms with Crippen LogP contribution in [0.25, 0.3) is 0 Å². The van der Waals surface area contributed by atoms with Gasteiger partial charge in [0.1, 0.15) is 0 Å². The van der Waals surface area contributed by atoms with Crippen molar-refractivity contribution in [2.24, 2.45) is 0 Å². The summed E-state index contributed by atoms with van der Waals surface area (Å²) in [7, 11) is 0. The van der Waals surface area contributed by atoms with Crippen molar-refractivity contribution >= 4 is 23.7 Å². The summed E-state index contributed by atoms with van der Waals surface area (Å²) in [6, 6.07) is 5.01. The first-order valence-electron chi connectivity index (χ1n) is 7.39. The molecule has 8 heteroatoms. The first kappa shape index (κ1) is 17.6. The molecule has 1 atom stereocenters. The fourth-order valence-corrected chi connectivity index (χ4v) is 2.11. The molecule has 0 aromatic heterocycles. The summed E-state index contributed by atoms with van der Waals surface area (Å²) in [5, 5.41) is 2.77. The molecule has 8 nitrogen and oxygen atoms in total. The lowest BCUT2D eigenvalue weighted by molar-refractivity contribution is -0.173. The van der Waals surface area contributed by atoms with Crippen LogP contribution in [0.2, 0.25) is 0 Å². The Morgan fingerprint density at radius 1 is 1.12 bits per heavy atom. The van der Waals surface area contributed by atoms with Crippen LogP contribution in [-0.2, 0) is 19.2 Å². The van der Waals surface area contributed by atoms with Crippen molar-refractivity contribution in [1.82, 2.24) is 10.4 Å². The van der Waals surface area contributed by atoms with Crippen molar-refractivity contribution in [3.63, 3.8) is 0 Å². The quantitative estimate of drug-likeness (QED) is 0.767. The molecule has 1 aromatic carbocycles. The van der Waals surface area contributed by atoms with Crippen LogP contribution < -0.4 is 5.32 Å². The van der Waals surface area contributed by atoms with Gasteiger partial charge in [0.25, 0.3) is 11.8 Å². The number of fused-ring (bicyclic) bond motifs is 1. The average molecular weight is 334 g/mol. The van der Waals surface area contributed by atoms with Gasteiger partial charge >= 0.3 is 5.97 Å². The molecule has 1 unspecified atom stereocenters. The van der Waals surface area contributed by atoms with Gasteiger partial charge in [-0.05, 0) is 26.0 Å². The van der Waals surface area contributed by atoms with E-state index in [2.05, 4.69) is 5.32 Å². The number of carbonyl (C=O) groups is 4. The van der Waals surface area contributed by atoms with Gasteiger partial charge in [-0.1, -0.05) is 17.2 Å². The lowest BCUT2D eigenvalue weighted by atomic mass is 10.1. The molecular weight excluding hydrogens is 316 g/mol. The predicted octanol–water partition coefficient (Wildman–Crippen LogP) is 0.670. The van der Waals surface area contributed by atoms with E-state index in [-0.39, 0.29) is 23.8 Å². The van der Waals surface area contributed by atoms with E-state index in [0.29, 0.717) is 5.06 Å². The van der Waals surface area contributed by atoms with Crippen molar-refractivity contribution in [2.45, 2.75) is 32.9 Å². The second-order valence-electron chi connectivity index (χ2n) is 5.50. The average Bonchev–Trinajstić information content (AvgIpc) is 2.76. The molecule has 24 heavy (non-hydrogen) atoms. The van der Waals surface area contributed by atoms with E-state index >= 15 is 0 Å². The first-order chi connectivity index (χ1) is 11.3. The second-order valence-corrected chi connectivity index (χ2v) is 5.50. The van der Waals surface area contributed by atoms with E-state index in [0.717, 1.165) is 0 Å². The Hall–Kier alpha value is -2.74. The first-order valence-corrected chi connectivity index (χ1v) is 7.39. The summed E-state index contributed by atoms with van der Waals surface area (Å²) in [6.07, 6.45) is -0.173. The third kappa shape index (κ3) is 3.77. The number of hydrogen-bond acceptors (Lipinski definition) is 6. The minimum atomic E-state index is -1.13. The number of hydrogen-bond donors (Lipinski definition) is 1.